The van der Waals surface area contributed by atoms with Gasteiger partial charge >= 0.3 is 12.1 Å². The number of para-hydroxylation sites is 1. The number of amides is 1. The molecule has 3 aromatic carbocycles. The Morgan fingerprint density at radius 2 is 1.64 bits per heavy atom. The lowest BCUT2D eigenvalue weighted by atomic mass is 9.96. The van der Waals surface area contributed by atoms with E-state index in [0.29, 0.717) is 12.1 Å². The smallest absolute Gasteiger partial charge is 0.416 e. The lowest BCUT2D eigenvalue weighted by Crippen LogP contribution is -2.49. The lowest BCUT2D eigenvalue weighted by Gasteiger charge is -2.40. The Morgan fingerprint density at radius 1 is 1.00 bits per heavy atom. The molecular formula is C25H20F3NO3S. The first-order valence-electron chi connectivity index (χ1n) is 10.2. The van der Waals surface area contributed by atoms with Crippen molar-refractivity contribution in [3.05, 3.63) is 95.1 Å². The summed E-state index contributed by atoms with van der Waals surface area (Å²) in [6, 6.07) is 18.7. The van der Waals surface area contributed by atoms with Gasteiger partial charge in [-0.05, 0) is 54.8 Å². The molecule has 1 amide bonds. The van der Waals surface area contributed by atoms with Crippen LogP contribution in [-0.4, -0.2) is 21.7 Å². The third-order valence-corrected chi connectivity index (χ3v) is 6.92. The van der Waals surface area contributed by atoms with E-state index in [1.165, 1.54) is 47.0 Å². The van der Waals surface area contributed by atoms with Crippen LogP contribution in [0.3, 0.4) is 0 Å². The van der Waals surface area contributed by atoms with Crippen LogP contribution >= 0.6 is 11.8 Å². The van der Waals surface area contributed by atoms with Crippen molar-refractivity contribution in [3.8, 4) is 0 Å². The van der Waals surface area contributed by atoms with E-state index in [2.05, 4.69) is 0 Å². The van der Waals surface area contributed by atoms with Crippen LogP contribution in [0, 0.1) is 0 Å². The Hall–Kier alpha value is -3.26. The maximum Gasteiger partial charge on any atom is 0.416 e. The van der Waals surface area contributed by atoms with Gasteiger partial charge in [0, 0.05) is 4.90 Å². The highest BCUT2D eigenvalue weighted by Crippen LogP contribution is 2.47. The van der Waals surface area contributed by atoms with E-state index in [0.717, 1.165) is 16.5 Å². The number of halogens is 3. The van der Waals surface area contributed by atoms with Crippen molar-refractivity contribution in [2.75, 3.05) is 4.90 Å². The summed E-state index contributed by atoms with van der Waals surface area (Å²) in [5.74, 6) is -1.34. The second-order valence-electron chi connectivity index (χ2n) is 8.03. The van der Waals surface area contributed by atoms with Gasteiger partial charge < -0.3 is 10.0 Å². The first-order chi connectivity index (χ1) is 15.6. The molecule has 170 valence electrons. The van der Waals surface area contributed by atoms with Crippen molar-refractivity contribution >= 4 is 29.3 Å². The number of carboxylic acid groups (broad SMARTS) is 1. The van der Waals surface area contributed by atoms with E-state index in [1.54, 1.807) is 31.2 Å². The number of nitrogens with zero attached hydrogens (tertiary/aromatic N) is 1. The molecule has 0 spiro atoms. The number of carbonyl (C=O) groups excluding carboxylic acids is 1. The molecule has 0 bridgehead atoms. The highest BCUT2D eigenvalue weighted by Gasteiger charge is 2.44. The normalized spacial score (nSPS) is 18.2. The number of carbonyl (C=O) groups is 2. The second-order valence-corrected chi connectivity index (χ2v) is 9.57. The van der Waals surface area contributed by atoms with Crippen molar-refractivity contribution in [1.82, 2.24) is 0 Å². The zero-order chi connectivity index (χ0) is 23.8. The molecule has 1 N–H and O–H groups in total. The van der Waals surface area contributed by atoms with E-state index in [1.807, 2.05) is 12.1 Å². The zero-order valence-corrected chi connectivity index (χ0v) is 18.4. The summed E-state index contributed by atoms with van der Waals surface area (Å²) < 4.78 is 39.7. The fourth-order valence-corrected chi connectivity index (χ4v) is 5.33. The van der Waals surface area contributed by atoms with Gasteiger partial charge in [0.2, 0.25) is 5.91 Å². The topological polar surface area (TPSA) is 57.6 Å². The summed E-state index contributed by atoms with van der Waals surface area (Å²) in [7, 11) is 0. The lowest BCUT2D eigenvalue weighted by molar-refractivity contribution is -0.138. The minimum atomic E-state index is -4.53. The molecule has 1 unspecified atom stereocenters. The molecule has 0 fully saturated rings. The molecule has 0 saturated carbocycles. The van der Waals surface area contributed by atoms with Crippen molar-refractivity contribution in [2.45, 2.75) is 35.7 Å². The third kappa shape index (κ3) is 4.61. The Bertz CT molecular complexity index is 1210. The Balaban J connectivity index is 1.71. The highest BCUT2D eigenvalue weighted by atomic mass is 32.2. The molecule has 1 heterocycles. The van der Waals surface area contributed by atoms with E-state index >= 15 is 0 Å². The fourth-order valence-electron chi connectivity index (χ4n) is 3.98. The van der Waals surface area contributed by atoms with Gasteiger partial charge in [0.1, 0.15) is 4.75 Å². The molecular weight excluding hydrogens is 451 g/mol. The van der Waals surface area contributed by atoms with Crippen LogP contribution in [0.4, 0.5) is 18.9 Å². The van der Waals surface area contributed by atoms with Crippen LogP contribution in [0.15, 0.2) is 77.7 Å². The van der Waals surface area contributed by atoms with Crippen molar-refractivity contribution in [1.29, 1.82) is 0 Å². The predicted molar refractivity (Wildman–Crippen MR) is 120 cm³/mol. The minimum Gasteiger partial charge on any atom is -0.478 e. The quantitative estimate of drug-likeness (QED) is 0.493. The summed E-state index contributed by atoms with van der Waals surface area (Å²) in [6.45, 7) is 1.56. The summed E-state index contributed by atoms with van der Waals surface area (Å²) in [6.07, 6.45) is -4.24. The number of rotatable bonds is 5. The number of benzene rings is 3. The van der Waals surface area contributed by atoms with Gasteiger partial charge in [-0.25, -0.2) is 4.79 Å². The van der Waals surface area contributed by atoms with Crippen LogP contribution in [0.25, 0.3) is 0 Å². The largest absolute Gasteiger partial charge is 0.478 e. The third-order valence-electron chi connectivity index (χ3n) is 5.58. The number of fused-ring (bicyclic) bond motifs is 1. The average molecular weight is 472 g/mol. The van der Waals surface area contributed by atoms with E-state index < -0.39 is 22.5 Å². The van der Waals surface area contributed by atoms with Gasteiger partial charge in [0.25, 0.3) is 0 Å². The maximum absolute atomic E-state index is 13.7. The van der Waals surface area contributed by atoms with Gasteiger partial charge in [-0.1, -0.05) is 42.5 Å². The number of carboxylic acids is 1. The van der Waals surface area contributed by atoms with Gasteiger partial charge in [-0.15, -0.1) is 11.8 Å². The number of anilines is 1. The van der Waals surface area contributed by atoms with Gasteiger partial charge in [-0.3, -0.25) is 4.79 Å². The van der Waals surface area contributed by atoms with Crippen LogP contribution in [0.1, 0.15) is 34.0 Å². The van der Waals surface area contributed by atoms with Gasteiger partial charge in [0.05, 0.1) is 23.4 Å². The van der Waals surface area contributed by atoms with Crippen molar-refractivity contribution in [2.24, 2.45) is 0 Å². The molecule has 3 aromatic rings. The minimum absolute atomic E-state index is 0.0215. The highest BCUT2D eigenvalue weighted by molar-refractivity contribution is 8.01. The predicted octanol–water partition coefficient (Wildman–Crippen LogP) is 6.04. The van der Waals surface area contributed by atoms with Crippen LogP contribution in [0.5, 0.6) is 0 Å². The summed E-state index contributed by atoms with van der Waals surface area (Å²) in [5, 5.41) is 9.11. The molecule has 33 heavy (non-hydrogen) atoms. The molecule has 0 aliphatic carbocycles. The molecule has 4 rings (SSSR count). The molecule has 0 saturated heterocycles. The zero-order valence-electron chi connectivity index (χ0n) is 17.6. The van der Waals surface area contributed by atoms with Crippen LogP contribution in [0.2, 0.25) is 0 Å². The standard InChI is InChI=1S/C25H20F3NO3S/c1-24(14-16-10-12-17(13-11-16)22(30)31)23(32)29(20-8-4-5-9-21(20)33-24)15-18-6-2-3-7-19(18)25(26,27)28/h2-13H,14-15H2,1H3,(H,30,31). The molecule has 1 aliphatic rings. The number of hydrogen-bond acceptors (Lipinski definition) is 3. The number of alkyl halides is 3. The Morgan fingerprint density at radius 3 is 2.30 bits per heavy atom. The molecule has 1 atom stereocenters. The molecule has 0 radical (unpaired) electrons. The summed E-state index contributed by atoms with van der Waals surface area (Å²) in [5.41, 5.74) is 0.733. The van der Waals surface area contributed by atoms with Crippen LogP contribution < -0.4 is 4.90 Å². The summed E-state index contributed by atoms with van der Waals surface area (Å²) in [4.78, 5) is 27.0. The van der Waals surface area contributed by atoms with E-state index in [4.69, 9.17) is 5.11 Å². The molecule has 8 heteroatoms. The number of hydrogen-bond donors (Lipinski definition) is 1. The number of aromatic carboxylic acids is 1. The molecule has 4 nitrogen and oxygen atoms in total. The first kappa shape index (κ1) is 22.9. The monoisotopic (exact) mass is 471 g/mol. The van der Waals surface area contributed by atoms with Crippen molar-refractivity contribution < 1.29 is 27.9 Å². The maximum atomic E-state index is 13.7. The second kappa shape index (κ2) is 8.59. The van der Waals surface area contributed by atoms with Crippen molar-refractivity contribution in [3.63, 3.8) is 0 Å². The molecule has 1 aliphatic heterocycles. The van der Waals surface area contributed by atoms with E-state index in [-0.39, 0.29) is 23.6 Å². The average Bonchev–Trinajstić information content (AvgIpc) is 2.77. The Kier molecular flexibility index (Phi) is 5.97. The first-order valence-corrected chi connectivity index (χ1v) is 11.0. The van der Waals surface area contributed by atoms with E-state index in [9.17, 15) is 22.8 Å². The number of thioether (sulfide) groups is 1. The SMILES string of the molecule is CC1(Cc2ccc(C(=O)O)cc2)Sc2ccccc2N(Cc2ccccc2C(F)(F)F)C1=O. The molecule has 0 aromatic heterocycles. The van der Waals surface area contributed by atoms with Gasteiger partial charge in [0.15, 0.2) is 0 Å². The van der Waals surface area contributed by atoms with Gasteiger partial charge in [-0.2, -0.15) is 13.2 Å². The Labute approximate surface area is 193 Å². The summed E-state index contributed by atoms with van der Waals surface area (Å²) >= 11 is 1.37. The fraction of sp³-hybridized carbons (Fsp3) is 0.200. The van der Waals surface area contributed by atoms with Crippen LogP contribution in [-0.2, 0) is 23.9 Å².